The highest BCUT2D eigenvalue weighted by Gasteiger charge is 2.37. The van der Waals surface area contributed by atoms with Gasteiger partial charge in [0, 0.05) is 28.6 Å². The third-order valence-corrected chi connectivity index (χ3v) is 4.30. The zero-order valence-electron chi connectivity index (χ0n) is 15.1. The molecule has 7 nitrogen and oxygen atoms in total. The normalized spacial score (nSPS) is 13.2. The minimum atomic E-state index is -0.586. The van der Waals surface area contributed by atoms with Crippen LogP contribution in [0.25, 0.3) is 0 Å². The van der Waals surface area contributed by atoms with Crippen molar-refractivity contribution in [2.45, 2.75) is 13.8 Å². The number of ketones is 1. The number of carbonyl (C=O) groups excluding carboxylic acids is 4. The molecule has 3 amide bonds. The molecule has 0 fully saturated rings. The van der Waals surface area contributed by atoms with Crippen LogP contribution in [0.15, 0.2) is 54.2 Å². The van der Waals surface area contributed by atoms with E-state index in [1.165, 1.54) is 32.0 Å². The number of imide groups is 1. The highest BCUT2D eigenvalue weighted by Crippen LogP contribution is 2.27. The average molecular weight is 373 g/mol. The summed E-state index contributed by atoms with van der Waals surface area (Å²) in [6.45, 7) is 2.92. The van der Waals surface area contributed by atoms with Crippen molar-refractivity contribution < 1.29 is 19.2 Å². The molecule has 0 atom stereocenters. The lowest BCUT2D eigenvalue weighted by molar-refractivity contribution is 0.0704. The summed E-state index contributed by atoms with van der Waals surface area (Å²) >= 11 is 0. The van der Waals surface area contributed by atoms with E-state index in [9.17, 15) is 19.2 Å². The summed E-state index contributed by atoms with van der Waals surface area (Å²) in [7, 11) is 0. The van der Waals surface area contributed by atoms with Crippen molar-refractivity contribution in [3.05, 3.63) is 76.5 Å². The molecule has 1 N–H and O–H groups in total. The van der Waals surface area contributed by atoms with E-state index in [1.54, 1.807) is 30.3 Å². The number of anilines is 1. The van der Waals surface area contributed by atoms with Gasteiger partial charge in [0.2, 0.25) is 0 Å². The van der Waals surface area contributed by atoms with Crippen LogP contribution < -0.4 is 5.32 Å². The number of rotatable bonds is 4. The van der Waals surface area contributed by atoms with Gasteiger partial charge in [-0.15, -0.1) is 0 Å². The third kappa shape index (κ3) is 3.31. The van der Waals surface area contributed by atoms with E-state index in [-0.39, 0.29) is 28.2 Å². The topological polar surface area (TPSA) is 107 Å². The lowest BCUT2D eigenvalue weighted by Crippen LogP contribution is -2.27. The zero-order valence-corrected chi connectivity index (χ0v) is 15.1. The number of Topliss-reactive ketones (excluding diaryl/α,β-unsaturated/α-hetero) is 1. The number of hydrogen-bond acceptors (Lipinski definition) is 5. The molecule has 0 spiro atoms. The van der Waals surface area contributed by atoms with Gasteiger partial charge >= 0.3 is 0 Å². The van der Waals surface area contributed by atoms with Gasteiger partial charge in [0.15, 0.2) is 5.78 Å². The van der Waals surface area contributed by atoms with Crippen molar-refractivity contribution in [2.24, 2.45) is 0 Å². The second kappa shape index (κ2) is 7.29. The van der Waals surface area contributed by atoms with Gasteiger partial charge in [-0.25, -0.2) is 4.90 Å². The van der Waals surface area contributed by atoms with Crippen LogP contribution in [0.4, 0.5) is 5.69 Å². The predicted octanol–water partition coefficient (Wildman–Crippen LogP) is 3.16. The van der Waals surface area contributed by atoms with Gasteiger partial charge in [-0.05, 0) is 44.2 Å². The van der Waals surface area contributed by atoms with E-state index in [4.69, 9.17) is 5.26 Å². The van der Waals surface area contributed by atoms with Crippen molar-refractivity contribution in [3.8, 4) is 6.07 Å². The summed E-state index contributed by atoms with van der Waals surface area (Å²) < 4.78 is 0. The SMILES string of the molecule is CC(=O)c1cccc(NC(=O)c2ccc3c(c2)C(=O)N(/C(C)=C/C#N)C3=O)c1. The molecule has 0 aliphatic carbocycles. The van der Waals surface area contributed by atoms with Gasteiger partial charge in [-0.1, -0.05) is 12.1 Å². The van der Waals surface area contributed by atoms with Gasteiger partial charge in [0.25, 0.3) is 17.7 Å². The molecule has 1 heterocycles. The maximum Gasteiger partial charge on any atom is 0.265 e. The van der Waals surface area contributed by atoms with E-state index in [0.29, 0.717) is 11.3 Å². The van der Waals surface area contributed by atoms with Gasteiger partial charge in [-0.2, -0.15) is 5.26 Å². The summed E-state index contributed by atoms with van der Waals surface area (Å²) in [5.74, 6) is -1.73. The van der Waals surface area contributed by atoms with E-state index < -0.39 is 17.7 Å². The van der Waals surface area contributed by atoms with E-state index >= 15 is 0 Å². The molecule has 0 saturated heterocycles. The second-order valence-corrected chi connectivity index (χ2v) is 6.21. The number of nitriles is 1. The molecular formula is C21H15N3O4. The van der Waals surface area contributed by atoms with Crippen molar-refractivity contribution >= 4 is 29.2 Å². The first-order valence-electron chi connectivity index (χ1n) is 8.35. The highest BCUT2D eigenvalue weighted by atomic mass is 16.2. The molecule has 0 bridgehead atoms. The van der Waals surface area contributed by atoms with Crippen LogP contribution >= 0.6 is 0 Å². The van der Waals surface area contributed by atoms with Crippen LogP contribution in [0, 0.1) is 11.3 Å². The molecule has 0 aromatic heterocycles. The number of amides is 3. The molecule has 28 heavy (non-hydrogen) atoms. The number of hydrogen-bond donors (Lipinski definition) is 1. The van der Waals surface area contributed by atoms with Gasteiger partial charge in [0.1, 0.15) is 0 Å². The lowest BCUT2D eigenvalue weighted by Gasteiger charge is -2.12. The Hall–Kier alpha value is -4.05. The molecule has 138 valence electrons. The fourth-order valence-electron chi connectivity index (χ4n) is 2.88. The van der Waals surface area contributed by atoms with Crippen molar-refractivity contribution in [2.75, 3.05) is 5.32 Å². The van der Waals surface area contributed by atoms with Crippen molar-refractivity contribution in [1.29, 1.82) is 5.26 Å². The van der Waals surface area contributed by atoms with Gasteiger partial charge in [-0.3, -0.25) is 19.2 Å². The first-order valence-corrected chi connectivity index (χ1v) is 8.35. The molecule has 2 aromatic rings. The van der Waals surface area contributed by atoms with E-state index in [2.05, 4.69) is 5.32 Å². The predicted molar refractivity (Wildman–Crippen MR) is 101 cm³/mol. The van der Waals surface area contributed by atoms with Crippen molar-refractivity contribution in [3.63, 3.8) is 0 Å². The molecule has 1 aliphatic heterocycles. The third-order valence-electron chi connectivity index (χ3n) is 4.30. The number of fused-ring (bicyclic) bond motifs is 1. The Kier molecular flexibility index (Phi) is 4.88. The Bertz CT molecular complexity index is 1110. The van der Waals surface area contributed by atoms with Crippen LogP contribution in [-0.2, 0) is 0 Å². The molecular weight excluding hydrogens is 358 g/mol. The lowest BCUT2D eigenvalue weighted by atomic mass is 10.0. The van der Waals surface area contributed by atoms with E-state index in [0.717, 1.165) is 11.0 Å². The molecule has 0 saturated carbocycles. The summed E-state index contributed by atoms with van der Waals surface area (Å²) in [4.78, 5) is 49.9. The Morgan fingerprint density at radius 1 is 1.00 bits per heavy atom. The molecule has 0 unspecified atom stereocenters. The molecule has 1 aliphatic rings. The largest absolute Gasteiger partial charge is 0.322 e. The number of nitrogens with one attached hydrogen (secondary N) is 1. The zero-order chi connectivity index (χ0) is 20.4. The summed E-state index contributed by atoms with van der Waals surface area (Å²) in [5, 5.41) is 11.4. The van der Waals surface area contributed by atoms with Crippen LogP contribution in [-0.4, -0.2) is 28.4 Å². The Morgan fingerprint density at radius 3 is 2.39 bits per heavy atom. The Balaban J connectivity index is 1.89. The smallest absolute Gasteiger partial charge is 0.265 e. The second-order valence-electron chi connectivity index (χ2n) is 6.21. The maximum atomic E-state index is 12.6. The van der Waals surface area contributed by atoms with Crippen LogP contribution in [0.1, 0.15) is 55.3 Å². The first-order chi connectivity index (χ1) is 13.3. The number of carbonyl (C=O) groups is 4. The first kappa shape index (κ1) is 18.7. The Morgan fingerprint density at radius 2 is 1.71 bits per heavy atom. The average Bonchev–Trinajstić information content (AvgIpc) is 2.92. The summed E-state index contributed by atoms with van der Waals surface area (Å²) in [6, 6.07) is 12.5. The number of benzene rings is 2. The summed E-state index contributed by atoms with van der Waals surface area (Å²) in [5.41, 5.74) is 1.57. The minimum Gasteiger partial charge on any atom is -0.322 e. The molecule has 2 aromatic carbocycles. The highest BCUT2D eigenvalue weighted by molar-refractivity contribution is 6.23. The molecule has 3 rings (SSSR count). The van der Waals surface area contributed by atoms with Gasteiger partial charge < -0.3 is 5.32 Å². The maximum absolute atomic E-state index is 12.6. The van der Waals surface area contributed by atoms with Crippen LogP contribution in [0.5, 0.6) is 0 Å². The van der Waals surface area contributed by atoms with E-state index in [1.807, 2.05) is 0 Å². The standard InChI is InChI=1S/C21H15N3O4/c1-12(8-9-22)24-20(27)17-7-6-15(11-18(17)21(24)28)19(26)23-16-5-3-4-14(10-16)13(2)25/h3-8,10-11H,1-2H3,(H,23,26)/b12-8+. The minimum absolute atomic E-state index is 0.0980. The van der Waals surface area contributed by atoms with Gasteiger partial charge in [0.05, 0.1) is 17.2 Å². The quantitative estimate of drug-likeness (QED) is 0.503. The summed E-state index contributed by atoms with van der Waals surface area (Å²) in [6.07, 6.45) is 1.11. The van der Waals surface area contributed by atoms with Crippen LogP contribution in [0.3, 0.4) is 0 Å². The number of allylic oxidation sites excluding steroid dienone is 2. The monoisotopic (exact) mass is 373 g/mol. The Labute approximate surface area is 160 Å². The molecule has 7 heteroatoms. The molecule has 0 radical (unpaired) electrons. The number of nitrogens with zero attached hydrogens (tertiary/aromatic N) is 2. The van der Waals surface area contributed by atoms with Crippen molar-refractivity contribution in [1.82, 2.24) is 4.90 Å². The fourth-order valence-corrected chi connectivity index (χ4v) is 2.88. The van der Waals surface area contributed by atoms with Crippen LogP contribution in [0.2, 0.25) is 0 Å². The fraction of sp³-hybridized carbons (Fsp3) is 0.0952.